The van der Waals surface area contributed by atoms with Crippen molar-refractivity contribution in [3.63, 3.8) is 0 Å². The Hall–Kier alpha value is -2.00. The molecular formula is C21H28N4S. The van der Waals surface area contributed by atoms with E-state index in [4.69, 9.17) is 0 Å². The smallest absolute Gasteiger partial charge is 0.169 e. The van der Waals surface area contributed by atoms with Crippen LogP contribution in [0.2, 0.25) is 0 Å². The SMILES string of the molecule is CCC=C=C1C(c2ccsc2)=CCC=C=C(N2CCN(C)CC2)N1NC. The van der Waals surface area contributed by atoms with E-state index in [-0.39, 0.29) is 0 Å². The monoisotopic (exact) mass is 368 g/mol. The molecule has 0 atom stereocenters. The fourth-order valence-electron chi connectivity index (χ4n) is 3.20. The van der Waals surface area contributed by atoms with Gasteiger partial charge in [-0.2, -0.15) is 11.3 Å². The van der Waals surface area contributed by atoms with Crippen LogP contribution >= 0.6 is 11.3 Å². The van der Waals surface area contributed by atoms with E-state index in [0.29, 0.717) is 0 Å². The number of likely N-dealkylation sites (N-methyl/N-ethyl adjacent to an activating group) is 1. The summed E-state index contributed by atoms with van der Waals surface area (Å²) in [5, 5.41) is 6.47. The number of hydrogen-bond donors (Lipinski definition) is 1. The van der Waals surface area contributed by atoms with Crippen LogP contribution in [-0.4, -0.2) is 55.1 Å². The Labute approximate surface area is 161 Å². The lowest BCUT2D eigenvalue weighted by Crippen LogP contribution is -2.49. The standard InChI is InChI=1S/C21H28N4S/c1-4-5-9-20-19(18-11-16-26-17-18)8-6-7-10-21(25(20)22-2)24-14-12-23(3)13-15-24/h5,7-8,11,16-17,22H,4,6,12-15H2,1-3H3. The van der Waals surface area contributed by atoms with Crippen LogP contribution < -0.4 is 5.43 Å². The fourth-order valence-corrected chi connectivity index (χ4v) is 3.85. The molecule has 138 valence electrons. The Kier molecular flexibility index (Phi) is 6.56. The molecule has 0 unspecified atom stereocenters. The number of piperazine rings is 1. The molecule has 0 bridgehead atoms. The predicted octanol–water partition coefficient (Wildman–Crippen LogP) is 3.66. The van der Waals surface area contributed by atoms with Gasteiger partial charge in [-0.3, -0.25) is 0 Å². The lowest BCUT2D eigenvalue weighted by molar-refractivity contribution is 0.139. The van der Waals surface area contributed by atoms with Gasteiger partial charge in [0.15, 0.2) is 5.82 Å². The summed E-state index contributed by atoms with van der Waals surface area (Å²) < 4.78 is 0. The van der Waals surface area contributed by atoms with E-state index in [9.17, 15) is 0 Å². The van der Waals surface area contributed by atoms with Gasteiger partial charge in [0.2, 0.25) is 0 Å². The van der Waals surface area contributed by atoms with E-state index < -0.39 is 0 Å². The largest absolute Gasteiger partial charge is 0.348 e. The van der Waals surface area contributed by atoms with Crippen molar-refractivity contribution in [1.29, 1.82) is 0 Å². The van der Waals surface area contributed by atoms with Gasteiger partial charge in [-0.25, -0.2) is 10.4 Å². The first-order valence-corrected chi connectivity index (χ1v) is 10.2. The lowest BCUT2D eigenvalue weighted by atomic mass is 10.0. The van der Waals surface area contributed by atoms with Crippen molar-refractivity contribution < 1.29 is 0 Å². The van der Waals surface area contributed by atoms with Gasteiger partial charge in [0.25, 0.3) is 0 Å². The molecular weight excluding hydrogens is 340 g/mol. The van der Waals surface area contributed by atoms with Crippen molar-refractivity contribution in [2.75, 3.05) is 40.3 Å². The Bertz CT molecular complexity index is 754. The summed E-state index contributed by atoms with van der Waals surface area (Å²) in [6, 6.07) is 2.18. The molecule has 3 heterocycles. The highest BCUT2D eigenvalue weighted by Gasteiger charge is 2.25. The van der Waals surface area contributed by atoms with Crippen molar-refractivity contribution in [2.45, 2.75) is 19.8 Å². The summed E-state index contributed by atoms with van der Waals surface area (Å²) in [6.45, 7) is 6.30. The Balaban J connectivity index is 2.04. The van der Waals surface area contributed by atoms with Crippen molar-refractivity contribution in [3.05, 3.63) is 63.6 Å². The molecule has 2 aliphatic rings. The van der Waals surface area contributed by atoms with E-state index in [0.717, 1.165) is 50.5 Å². The van der Waals surface area contributed by atoms with E-state index in [2.05, 4.69) is 80.7 Å². The molecule has 4 nitrogen and oxygen atoms in total. The van der Waals surface area contributed by atoms with Crippen LogP contribution in [-0.2, 0) is 0 Å². The minimum absolute atomic E-state index is 0.872. The number of thiophene rings is 1. The highest BCUT2D eigenvalue weighted by Crippen LogP contribution is 2.31. The molecule has 0 aliphatic carbocycles. The number of hydrogen-bond acceptors (Lipinski definition) is 5. The summed E-state index contributed by atoms with van der Waals surface area (Å²) >= 11 is 1.73. The molecule has 1 saturated heterocycles. The van der Waals surface area contributed by atoms with Crippen LogP contribution in [0.4, 0.5) is 0 Å². The van der Waals surface area contributed by atoms with Gasteiger partial charge in [0.05, 0.1) is 0 Å². The Morgan fingerprint density at radius 1 is 1.31 bits per heavy atom. The molecule has 26 heavy (non-hydrogen) atoms. The van der Waals surface area contributed by atoms with Gasteiger partial charge < -0.3 is 9.80 Å². The first-order valence-electron chi connectivity index (χ1n) is 9.29. The molecule has 1 aromatic heterocycles. The second kappa shape index (κ2) is 9.09. The average molecular weight is 369 g/mol. The van der Waals surface area contributed by atoms with E-state index in [1.807, 2.05) is 7.05 Å². The highest BCUT2D eigenvalue weighted by molar-refractivity contribution is 7.08. The molecule has 1 N–H and O–H groups in total. The minimum Gasteiger partial charge on any atom is -0.348 e. The van der Waals surface area contributed by atoms with E-state index >= 15 is 0 Å². The molecule has 0 saturated carbocycles. The maximum Gasteiger partial charge on any atom is 0.169 e. The summed E-state index contributed by atoms with van der Waals surface area (Å²) in [5.74, 6) is 1.08. The topological polar surface area (TPSA) is 21.8 Å². The van der Waals surface area contributed by atoms with Gasteiger partial charge in [0, 0.05) is 38.8 Å². The zero-order valence-electron chi connectivity index (χ0n) is 16.0. The Morgan fingerprint density at radius 2 is 2.12 bits per heavy atom. The quantitative estimate of drug-likeness (QED) is 0.819. The number of rotatable bonds is 4. The van der Waals surface area contributed by atoms with Gasteiger partial charge in [-0.15, -0.1) is 0 Å². The van der Waals surface area contributed by atoms with Gasteiger partial charge >= 0.3 is 0 Å². The second-order valence-corrected chi connectivity index (χ2v) is 7.27. The zero-order chi connectivity index (χ0) is 18.4. The third kappa shape index (κ3) is 4.21. The third-order valence-electron chi connectivity index (χ3n) is 4.66. The van der Waals surface area contributed by atoms with Gasteiger partial charge in [0.1, 0.15) is 5.70 Å². The molecule has 0 spiro atoms. The van der Waals surface area contributed by atoms with Crippen LogP contribution in [0, 0.1) is 0 Å². The summed E-state index contributed by atoms with van der Waals surface area (Å²) in [6.07, 6.45) is 8.34. The molecule has 3 rings (SSSR count). The van der Waals surface area contributed by atoms with Crippen molar-refractivity contribution >= 4 is 16.9 Å². The number of nitrogens with one attached hydrogen (secondary N) is 1. The van der Waals surface area contributed by atoms with Crippen LogP contribution in [0.25, 0.3) is 5.57 Å². The third-order valence-corrected chi connectivity index (χ3v) is 5.35. The molecule has 2 aliphatic heterocycles. The van der Waals surface area contributed by atoms with Crippen LogP contribution in [0.1, 0.15) is 25.3 Å². The summed E-state index contributed by atoms with van der Waals surface area (Å²) in [7, 11) is 4.15. The zero-order valence-corrected chi connectivity index (χ0v) is 16.8. The average Bonchev–Trinajstić information content (AvgIpc) is 3.16. The maximum atomic E-state index is 3.54. The summed E-state index contributed by atoms with van der Waals surface area (Å²) in [4.78, 5) is 4.79. The number of allylic oxidation sites excluding steroid dienone is 3. The fraction of sp³-hybridized carbons (Fsp3) is 0.429. The van der Waals surface area contributed by atoms with Crippen molar-refractivity contribution in [2.24, 2.45) is 0 Å². The first kappa shape index (κ1) is 18.8. The van der Waals surface area contributed by atoms with Crippen LogP contribution in [0.15, 0.2) is 58.0 Å². The van der Waals surface area contributed by atoms with Gasteiger partial charge in [-0.05, 0) is 54.4 Å². The Morgan fingerprint density at radius 3 is 2.77 bits per heavy atom. The van der Waals surface area contributed by atoms with Crippen molar-refractivity contribution in [1.82, 2.24) is 20.2 Å². The van der Waals surface area contributed by atoms with Crippen LogP contribution in [0.5, 0.6) is 0 Å². The molecule has 5 heteroatoms. The molecule has 0 amide bonds. The number of hydrazine groups is 1. The normalized spacial score (nSPS) is 18.8. The number of nitrogens with zero attached hydrogens (tertiary/aromatic N) is 3. The van der Waals surface area contributed by atoms with Crippen LogP contribution in [0.3, 0.4) is 0 Å². The maximum absolute atomic E-state index is 3.54. The molecule has 0 aromatic carbocycles. The molecule has 0 radical (unpaired) electrons. The van der Waals surface area contributed by atoms with Crippen molar-refractivity contribution in [3.8, 4) is 0 Å². The van der Waals surface area contributed by atoms with E-state index in [1.54, 1.807) is 11.3 Å². The highest BCUT2D eigenvalue weighted by atomic mass is 32.1. The minimum atomic E-state index is 0.872. The molecule has 1 fully saturated rings. The predicted molar refractivity (Wildman–Crippen MR) is 110 cm³/mol. The summed E-state index contributed by atoms with van der Waals surface area (Å²) in [5.41, 5.74) is 14.0. The lowest BCUT2D eigenvalue weighted by Gasteiger charge is -2.39. The second-order valence-electron chi connectivity index (χ2n) is 6.49. The first-order chi connectivity index (χ1) is 12.7. The van der Waals surface area contributed by atoms with E-state index in [1.165, 1.54) is 11.1 Å². The van der Waals surface area contributed by atoms with Gasteiger partial charge in [-0.1, -0.05) is 24.5 Å². The molecule has 1 aromatic rings.